The summed E-state index contributed by atoms with van der Waals surface area (Å²) >= 11 is 0. The quantitative estimate of drug-likeness (QED) is 0.534. The Morgan fingerprint density at radius 3 is 2.12 bits per heavy atom. The van der Waals surface area contributed by atoms with E-state index >= 15 is 0 Å². The van der Waals surface area contributed by atoms with Gasteiger partial charge in [0, 0.05) is 44.8 Å². The fourth-order valence-corrected chi connectivity index (χ4v) is 5.66. The molecule has 33 heavy (non-hydrogen) atoms. The predicted molar refractivity (Wildman–Crippen MR) is 131 cm³/mol. The molecule has 0 atom stereocenters. The normalized spacial score (nSPS) is 14.8. The smallest absolute Gasteiger partial charge is 0.264 e. The van der Waals surface area contributed by atoms with Gasteiger partial charge in [-0.3, -0.25) is 14.0 Å². The van der Waals surface area contributed by atoms with Gasteiger partial charge >= 0.3 is 0 Å². The lowest BCUT2D eigenvalue weighted by molar-refractivity contribution is 0.0628. The summed E-state index contributed by atoms with van der Waals surface area (Å²) in [6.45, 7) is 5.78. The molecule has 4 rings (SSSR count). The van der Waals surface area contributed by atoms with Crippen LogP contribution in [0.15, 0.2) is 89.8 Å². The Kier molecular flexibility index (Phi) is 7.11. The molecular formula is C26H29N3O3S. The van der Waals surface area contributed by atoms with Crippen molar-refractivity contribution in [2.75, 3.05) is 37.0 Å². The molecule has 6 nitrogen and oxygen atoms in total. The van der Waals surface area contributed by atoms with Crippen LogP contribution in [0.1, 0.15) is 22.8 Å². The van der Waals surface area contributed by atoms with Crippen LogP contribution in [0.2, 0.25) is 0 Å². The van der Waals surface area contributed by atoms with Crippen molar-refractivity contribution in [3.05, 3.63) is 96.1 Å². The molecule has 1 heterocycles. The Hall–Kier alpha value is -3.16. The number of piperazine rings is 1. The van der Waals surface area contributed by atoms with Gasteiger partial charge in [-0.15, -0.1) is 0 Å². The number of hydrogen-bond donors (Lipinski definition) is 0. The number of sulfonamides is 1. The summed E-state index contributed by atoms with van der Waals surface area (Å²) in [4.78, 5) is 17.4. The molecule has 1 fully saturated rings. The van der Waals surface area contributed by atoms with Crippen LogP contribution in [0.25, 0.3) is 0 Å². The number of benzene rings is 3. The molecule has 1 aliphatic rings. The van der Waals surface area contributed by atoms with Crippen LogP contribution in [0.4, 0.5) is 5.69 Å². The largest absolute Gasteiger partial charge is 0.336 e. The van der Waals surface area contributed by atoms with Gasteiger partial charge in [0.1, 0.15) is 0 Å². The van der Waals surface area contributed by atoms with Gasteiger partial charge in [-0.2, -0.15) is 0 Å². The molecule has 0 aliphatic carbocycles. The second kappa shape index (κ2) is 10.2. The minimum atomic E-state index is -3.78. The van der Waals surface area contributed by atoms with E-state index in [9.17, 15) is 13.2 Å². The molecule has 1 aliphatic heterocycles. The zero-order valence-electron chi connectivity index (χ0n) is 18.8. The average Bonchev–Trinajstić information content (AvgIpc) is 2.86. The summed E-state index contributed by atoms with van der Waals surface area (Å²) in [6.07, 6.45) is 0. The number of rotatable bonds is 7. The van der Waals surface area contributed by atoms with E-state index in [0.717, 1.165) is 19.6 Å². The van der Waals surface area contributed by atoms with E-state index in [4.69, 9.17) is 0 Å². The highest BCUT2D eigenvalue weighted by Gasteiger charge is 2.26. The van der Waals surface area contributed by atoms with Crippen LogP contribution in [-0.4, -0.2) is 56.8 Å². The van der Waals surface area contributed by atoms with Gasteiger partial charge in [0.05, 0.1) is 10.6 Å². The topological polar surface area (TPSA) is 60.9 Å². The van der Waals surface area contributed by atoms with Crippen LogP contribution >= 0.6 is 0 Å². The standard InChI is InChI=1S/C26H29N3O3S/c1-2-29(24-13-7-4-8-14-24)33(31,32)25-15-9-12-23(20-25)26(30)28-18-16-27(17-19-28)21-22-10-5-3-6-11-22/h3-15,20H,2,16-19,21H2,1H3. The lowest BCUT2D eigenvalue weighted by Gasteiger charge is -2.35. The maximum atomic E-state index is 13.3. The fourth-order valence-electron chi connectivity index (χ4n) is 4.14. The summed E-state index contributed by atoms with van der Waals surface area (Å²) in [6, 6.07) is 25.7. The van der Waals surface area contributed by atoms with Gasteiger partial charge in [0.15, 0.2) is 0 Å². The third-order valence-corrected chi connectivity index (χ3v) is 7.81. The van der Waals surface area contributed by atoms with Crippen molar-refractivity contribution in [3.63, 3.8) is 0 Å². The Morgan fingerprint density at radius 2 is 1.48 bits per heavy atom. The van der Waals surface area contributed by atoms with E-state index in [1.54, 1.807) is 37.3 Å². The zero-order chi connectivity index (χ0) is 23.3. The van der Waals surface area contributed by atoms with Gasteiger partial charge in [-0.25, -0.2) is 8.42 Å². The molecule has 3 aromatic rings. The van der Waals surface area contributed by atoms with E-state index in [1.165, 1.54) is 15.9 Å². The summed E-state index contributed by atoms with van der Waals surface area (Å²) in [5.41, 5.74) is 2.26. The minimum absolute atomic E-state index is 0.127. The maximum Gasteiger partial charge on any atom is 0.264 e. The van der Waals surface area contributed by atoms with Crippen molar-refractivity contribution < 1.29 is 13.2 Å². The van der Waals surface area contributed by atoms with Crippen molar-refractivity contribution in [1.82, 2.24) is 9.80 Å². The molecule has 0 saturated carbocycles. The molecule has 3 aromatic carbocycles. The molecule has 0 aromatic heterocycles. The summed E-state index contributed by atoms with van der Waals surface area (Å²) in [5.74, 6) is -0.130. The number of carbonyl (C=O) groups excluding carboxylic acids is 1. The van der Waals surface area contributed by atoms with Crippen LogP contribution in [-0.2, 0) is 16.6 Å². The molecule has 0 radical (unpaired) electrons. The second-order valence-corrected chi connectivity index (χ2v) is 9.95. The number of amides is 1. The number of hydrogen-bond acceptors (Lipinski definition) is 4. The van der Waals surface area contributed by atoms with E-state index in [-0.39, 0.29) is 10.8 Å². The number of para-hydroxylation sites is 1. The lowest BCUT2D eigenvalue weighted by Crippen LogP contribution is -2.48. The molecule has 1 amide bonds. The summed E-state index contributed by atoms with van der Waals surface area (Å²) in [5, 5.41) is 0. The fraction of sp³-hybridized carbons (Fsp3) is 0.269. The highest BCUT2D eigenvalue weighted by molar-refractivity contribution is 7.92. The van der Waals surface area contributed by atoms with Crippen molar-refractivity contribution in [2.24, 2.45) is 0 Å². The Morgan fingerprint density at radius 1 is 0.848 bits per heavy atom. The highest BCUT2D eigenvalue weighted by atomic mass is 32.2. The van der Waals surface area contributed by atoms with Gasteiger partial charge in [-0.1, -0.05) is 54.6 Å². The third kappa shape index (κ3) is 5.26. The van der Waals surface area contributed by atoms with Crippen LogP contribution < -0.4 is 4.31 Å². The molecule has 1 saturated heterocycles. The lowest BCUT2D eigenvalue weighted by atomic mass is 10.1. The van der Waals surface area contributed by atoms with Crippen molar-refractivity contribution in [3.8, 4) is 0 Å². The highest BCUT2D eigenvalue weighted by Crippen LogP contribution is 2.24. The number of anilines is 1. The van der Waals surface area contributed by atoms with Crippen molar-refractivity contribution in [2.45, 2.75) is 18.4 Å². The van der Waals surface area contributed by atoms with Gasteiger partial charge in [-0.05, 0) is 42.8 Å². The van der Waals surface area contributed by atoms with Crippen molar-refractivity contribution >= 4 is 21.6 Å². The first-order chi connectivity index (χ1) is 16.0. The first kappa shape index (κ1) is 23.0. The molecule has 172 valence electrons. The number of carbonyl (C=O) groups is 1. The second-order valence-electron chi connectivity index (χ2n) is 8.09. The Balaban J connectivity index is 1.46. The molecule has 0 bridgehead atoms. The van der Waals surface area contributed by atoms with E-state index in [2.05, 4.69) is 17.0 Å². The average molecular weight is 464 g/mol. The van der Waals surface area contributed by atoms with E-state index < -0.39 is 10.0 Å². The van der Waals surface area contributed by atoms with Gasteiger partial charge < -0.3 is 4.90 Å². The van der Waals surface area contributed by atoms with Gasteiger partial charge in [0.2, 0.25) is 0 Å². The van der Waals surface area contributed by atoms with Crippen LogP contribution in [0.3, 0.4) is 0 Å². The maximum absolute atomic E-state index is 13.3. The van der Waals surface area contributed by atoms with Crippen LogP contribution in [0.5, 0.6) is 0 Å². The van der Waals surface area contributed by atoms with E-state index in [1.807, 2.05) is 41.3 Å². The minimum Gasteiger partial charge on any atom is -0.336 e. The molecule has 0 N–H and O–H groups in total. The summed E-state index contributed by atoms with van der Waals surface area (Å²) < 4.78 is 28.0. The van der Waals surface area contributed by atoms with Crippen LogP contribution in [0, 0.1) is 0 Å². The Bertz CT molecular complexity index is 1180. The Labute approximate surface area is 196 Å². The molecule has 7 heteroatoms. The monoisotopic (exact) mass is 463 g/mol. The first-order valence-electron chi connectivity index (χ1n) is 11.2. The van der Waals surface area contributed by atoms with E-state index in [0.29, 0.717) is 30.9 Å². The third-order valence-electron chi connectivity index (χ3n) is 5.91. The van der Waals surface area contributed by atoms with Gasteiger partial charge in [0.25, 0.3) is 15.9 Å². The SMILES string of the molecule is CCN(c1ccccc1)S(=O)(=O)c1cccc(C(=O)N2CCN(Cc3ccccc3)CC2)c1. The predicted octanol–water partition coefficient (Wildman–Crippen LogP) is 3.86. The summed E-state index contributed by atoms with van der Waals surface area (Å²) in [7, 11) is -3.78. The zero-order valence-corrected chi connectivity index (χ0v) is 19.6. The molecule has 0 unspecified atom stereocenters. The molecular weight excluding hydrogens is 434 g/mol. The molecule has 0 spiro atoms. The number of nitrogens with zero attached hydrogens (tertiary/aromatic N) is 3. The van der Waals surface area contributed by atoms with Crippen molar-refractivity contribution in [1.29, 1.82) is 0 Å². The first-order valence-corrected chi connectivity index (χ1v) is 12.7.